The van der Waals surface area contributed by atoms with Crippen molar-refractivity contribution in [2.24, 2.45) is 5.41 Å². The fourth-order valence-corrected chi connectivity index (χ4v) is 6.92. The highest BCUT2D eigenvalue weighted by molar-refractivity contribution is 9.10. The summed E-state index contributed by atoms with van der Waals surface area (Å²) in [4.78, 5) is 15.3. The smallest absolute Gasteiger partial charge is 0.322 e. The molecule has 154 valence electrons. The minimum absolute atomic E-state index is 0.00699. The summed E-state index contributed by atoms with van der Waals surface area (Å²) < 4.78 is 6.44. The third-order valence-corrected chi connectivity index (χ3v) is 8.24. The van der Waals surface area contributed by atoms with Gasteiger partial charge in [-0.3, -0.25) is 4.90 Å². The van der Waals surface area contributed by atoms with Crippen LogP contribution in [0.3, 0.4) is 0 Å². The Hall–Kier alpha value is -2.11. The average molecular weight is 465 g/mol. The summed E-state index contributed by atoms with van der Waals surface area (Å²) in [5.74, 6) is 0. The van der Waals surface area contributed by atoms with Crippen molar-refractivity contribution in [2.45, 2.75) is 38.1 Å². The Balaban J connectivity index is 1.67. The molecule has 2 amide bonds. The molecule has 0 aromatic heterocycles. The van der Waals surface area contributed by atoms with Crippen LogP contribution in [-0.2, 0) is 23.1 Å². The minimum atomic E-state index is -0.437. The first kappa shape index (κ1) is 18.6. The molecule has 0 radical (unpaired) electrons. The Morgan fingerprint density at radius 3 is 2.83 bits per heavy atom. The average Bonchev–Trinajstić information content (AvgIpc) is 3.20. The van der Waals surface area contributed by atoms with Crippen LogP contribution in [0.25, 0.3) is 5.57 Å². The van der Waals surface area contributed by atoms with Gasteiger partial charge in [-0.1, -0.05) is 45.8 Å². The van der Waals surface area contributed by atoms with Crippen LogP contribution < -0.4 is 5.32 Å². The lowest BCUT2D eigenvalue weighted by Gasteiger charge is -2.40. The van der Waals surface area contributed by atoms with Crippen LogP contribution in [-0.4, -0.2) is 31.2 Å². The fraction of sp³-hybridized carbons (Fsp3) is 0.400. The van der Waals surface area contributed by atoms with Gasteiger partial charge in [0.1, 0.15) is 5.54 Å². The second-order valence-corrected chi connectivity index (χ2v) is 10.2. The first-order chi connectivity index (χ1) is 14.5. The van der Waals surface area contributed by atoms with Gasteiger partial charge in [0.2, 0.25) is 0 Å². The van der Waals surface area contributed by atoms with Gasteiger partial charge in [0, 0.05) is 17.0 Å². The Kier molecular flexibility index (Phi) is 3.86. The molecule has 6 rings (SSSR count). The van der Waals surface area contributed by atoms with E-state index in [2.05, 4.69) is 64.6 Å². The molecule has 1 aliphatic heterocycles. The zero-order chi connectivity index (χ0) is 20.7. The van der Waals surface area contributed by atoms with Crippen molar-refractivity contribution in [1.82, 2.24) is 10.2 Å². The highest BCUT2D eigenvalue weighted by Gasteiger charge is 2.69. The van der Waals surface area contributed by atoms with Crippen molar-refractivity contribution in [2.75, 3.05) is 20.3 Å². The van der Waals surface area contributed by atoms with Gasteiger partial charge in [-0.25, -0.2) is 4.79 Å². The lowest BCUT2D eigenvalue weighted by Crippen LogP contribution is -2.49. The maximum atomic E-state index is 13.4. The van der Waals surface area contributed by atoms with Crippen LogP contribution in [0.4, 0.5) is 4.79 Å². The standard InChI is InChI=1S/C25H25BrN2O2/c1-15-3-4-16-7-8-24-13-17-5-6-18(26)12-21(17)25(24)22(20(14-24)19(16)11-15)28(9-10-30-2)23(29)27-25/h3-6,11-12H,7-10,13-14H2,1-2H3,(H,27,29). The summed E-state index contributed by atoms with van der Waals surface area (Å²) in [7, 11) is 1.70. The number of hydrogen-bond acceptors (Lipinski definition) is 2. The number of rotatable bonds is 3. The zero-order valence-corrected chi connectivity index (χ0v) is 18.9. The molecular formula is C25H25BrN2O2. The summed E-state index contributed by atoms with van der Waals surface area (Å²) in [5.41, 5.74) is 8.74. The molecular weight excluding hydrogens is 440 g/mol. The molecule has 1 N–H and O–H groups in total. The maximum absolute atomic E-state index is 13.4. The number of carbonyl (C=O) groups excluding carboxylic acids is 1. The Morgan fingerprint density at radius 1 is 1.17 bits per heavy atom. The number of fused-ring (bicyclic) bond motifs is 4. The van der Waals surface area contributed by atoms with E-state index in [0.29, 0.717) is 13.2 Å². The largest absolute Gasteiger partial charge is 0.383 e. The molecule has 4 nitrogen and oxygen atoms in total. The molecule has 30 heavy (non-hydrogen) atoms. The summed E-state index contributed by atoms with van der Waals surface area (Å²) >= 11 is 3.69. The lowest BCUT2D eigenvalue weighted by molar-refractivity contribution is 0.155. The predicted molar refractivity (Wildman–Crippen MR) is 120 cm³/mol. The van der Waals surface area contributed by atoms with Crippen molar-refractivity contribution in [1.29, 1.82) is 0 Å². The van der Waals surface area contributed by atoms with Gasteiger partial charge in [-0.15, -0.1) is 0 Å². The number of hydrogen-bond donors (Lipinski definition) is 1. The van der Waals surface area contributed by atoms with Crippen LogP contribution in [0, 0.1) is 12.3 Å². The summed E-state index contributed by atoms with van der Waals surface area (Å²) in [6, 6.07) is 13.4. The fourth-order valence-electron chi connectivity index (χ4n) is 6.56. The Morgan fingerprint density at radius 2 is 2.00 bits per heavy atom. The molecule has 5 heteroatoms. The first-order valence-electron chi connectivity index (χ1n) is 10.7. The van der Waals surface area contributed by atoms with Gasteiger partial charge in [-0.05, 0) is 72.6 Å². The number of ether oxygens (including phenoxy) is 1. The highest BCUT2D eigenvalue weighted by atomic mass is 79.9. The SMILES string of the molecule is COCCN1C(=O)NC23C1=C1CC2(CCc2ccc(C)cc21)Cc1ccc(Br)cc13. The van der Waals surface area contributed by atoms with Gasteiger partial charge in [0.05, 0.1) is 18.8 Å². The third kappa shape index (κ3) is 2.17. The van der Waals surface area contributed by atoms with E-state index >= 15 is 0 Å². The van der Waals surface area contributed by atoms with Crippen LogP contribution >= 0.6 is 15.9 Å². The molecule has 1 heterocycles. The van der Waals surface area contributed by atoms with E-state index in [-0.39, 0.29) is 11.4 Å². The normalized spacial score (nSPS) is 28.1. The number of benzene rings is 2. The number of halogens is 1. The number of aryl methyl sites for hydroxylation is 2. The molecule has 2 bridgehead atoms. The molecule has 2 unspecified atom stereocenters. The number of amides is 2. The van der Waals surface area contributed by atoms with E-state index < -0.39 is 5.54 Å². The molecule has 3 aliphatic carbocycles. The van der Waals surface area contributed by atoms with E-state index in [1.165, 1.54) is 39.1 Å². The maximum Gasteiger partial charge on any atom is 0.322 e. The minimum Gasteiger partial charge on any atom is -0.383 e. The quantitative estimate of drug-likeness (QED) is 0.699. The Bertz CT molecular complexity index is 1140. The number of nitrogens with zero attached hydrogens (tertiary/aromatic N) is 1. The highest BCUT2D eigenvalue weighted by Crippen LogP contribution is 2.69. The first-order valence-corrected chi connectivity index (χ1v) is 11.5. The summed E-state index contributed by atoms with van der Waals surface area (Å²) in [5, 5.41) is 3.52. The molecule has 4 aliphatic rings. The number of urea groups is 1. The van der Waals surface area contributed by atoms with E-state index in [1.807, 2.05) is 4.90 Å². The monoisotopic (exact) mass is 464 g/mol. The van der Waals surface area contributed by atoms with Crippen molar-refractivity contribution in [3.63, 3.8) is 0 Å². The molecule has 2 atom stereocenters. The van der Waals surface area contributed by atoms with Gasteiger partial charge in [0.25, 0.3) is 0 Å². The number of carbonyl (C=O) groups is 1. The second kappa shape index (κ2) is 6.21. The summed E-state index contributed by atoms with van der Waals surface area (Å²) in [6.45, 7) is 3.26. The third-order valence-electron chi connectivity index (χ3n) is 7.75. The second-order valence-electron chi connectivity index (χ2n) is 9.25. The van der Waals surface area contributed by atoms with Crippen molar-refractivity contribution in [3.8, 4) is 0 Å². The Labute approximate surface area is 185 Å². The number of methoxy groups -OCH3 is 1. The molecule has 2 aromatic rings. The van der Waals surface area contributed by atoms with Gasteiger partial charge < -0.3 is 10.1 Å². The predicted octanol–water partition coefficient (Wildman–Crippen LogP) is 4.93. The molecule has 1 saturated heterocycles. The topological polar surface area (TPSA) is 41.6 Å². The van der Waals surface area contributed by atoms with Crippen LogP contribution in [0.15, 0.2) is 46.6 Å². The molecule has 1 fully saturated rings. The number of nitrogens with one attached hydrogen (secondary N) is 1. The van der Waals surface area contributed by atoms with Crippen molar-refractivity contribution >= 4 is 27.5 Å². The van der Waals surface area contributed by atoms with Crippen LogP contribution in [0.2, 0.25) is 0 Å². The van der Waals surface area contributed by atoms with Gasteiger partial charge >= 0.3 is 6.03 Å². The van der Waals surface area contributed by atoms with Gasteiger partial charge in [0.15, 0.2) is 0 Å². The van der Waals surface area contributed by atoms with E-state index in [1.54, 1.807) is 7.11 Å². The molecule has 0 saturated carbocycles. The van der Waals surface area contributed by atoms with Crippen molar-refractivity contribution < 1.29 is 9.53 Å². The summed E-state index contributed by atoms with van der Waals surface area (Å²) in [6.07, 6.45) is 4.14. The lowest BCUT2D eigenvalue weighted by atomic mass is 9.68. The van der Waals surface area contributed by atoms with Gasteiger partial charge in [-0.2, -0.15) is 0 Å². The van der Waals surface area contributed by atoms with Crippen LogP contribution in [0.5, 0.6) is 0 Å². The van der Waals surface area contributed by atoms with E-state index in [9.17, 15) is 4.79 Å². The zero-order valence-electron chi connectivity index (χ0n) is 17.3. The van der Waals surface area contributed by atoms with E-state index in [0.717, 1.165) is 30.2 Å². The van der Waals surface area contributed by atoms with E-state index in [4.69, 9.17) is 4.74 Å². The van der Waals surface area contributed by atoms with Crippen molar-refractivity contribution in [3.05, 3.63) is 74.4 Å². The number of allylic oxidation sites excluding steroid dienone is 1. The van der Waals surface area contributed by atoms with Crippen LogP contribution in [0.1, 0.15) is 40.7 Å². The molecule has 2 aromatic carbocycles. The molecule has 2 spiro atoms.